The highest BCUT2D eigenvalue weighted by Gasteiger charge is 2.14. The van der Waals surface area contributed by atoms with Crippen molar-refractivity contribution in [2.75, 3.05) is 0 Å². The van der Waals surface area contributed by atoms with E-state index in [1.54, 1.807) is 12.3 Å². The van der Waals surface area contributed by atoms with Crippen LogP contribution in [0.1, 0.15) is 28.9 Å². The van der Waals surface area contributed by atoms with Crippen molar-refractivity contribution >= 4 is 33.4 Å². The summed E-state index contributed by atoms with van der Waals surface area (Å²) in [6, 6.07) is 9.29. The van der Waals surface area contributed by atoms with Crippen LogP contribution in [0, 0.1) is 0 Å². The van der Waals surface area contributed by atoms with Crippen molar-refractivity contribution in [2.24, 2.45) is 0 Å². The predicted molar refractivity (Wildman–Crippen MR) is 79.3 cm³/mol. The van der Waals surface area contributed by atoms with Gasteiger partial charge in [-0.25, -0.2) is 0 Å². The van der Waals surface area contributed by atoms with E-state index < -0.39 is 0 Å². The molecule has 0 saturated heterocycles. The van der Waals surface area contributed by atoms with Gasteiger partial charge in [-0.3, -0.25) is 9.78 Å². The molecule has 1 amide bonds. The molecule has 0 aliphatic carbocycles. The summed E-state index contributed by atoms with van der Waals surface area (Å²) in [6.07, 6.45) is 3.02. The summed E-state index contributed by atoms with van der Waals surface area (Å²) in [5, 5.41) is 3.29. The van der Waals surface area contributed by atoms with Crippen molar-refractivity contribution in [3.05, 3.63) is 63.3 Å². The van der Waals surface area contributed by atoms with Crippen LogP contribution < -0.4 is 5.32 Å². The Bertz CT molecular complexity index is 586. The summed E-state index contributed by atoms with van der Waals surface area (Å²) in [5.74, 6) is -0.228. The molecule has 2 rings (SSSR count). The minimum atomic E-state index is -0.228. The van der Waals surface area contributed by atoms with E-state index >= 15 is 0 Å². The Morgan fingerprint density at radius 2 is 2.00 bits per heavy atom. The van der Waals surface area contributed by atoms with Crippen molar-refractivity contribution in [2.45, 2.75) is 13.0 Å². The highest BCUT2D eigenvalue weighted by atomic mass is 79.9. The van der Waals surface area contributed by atoms with Gasteiger partial charge in [0.05, 0.1) is 16.6 Å². The summed E-state index contributed by atoms with van der Waals surface area (Å²) in [6.45, 7) is 1.92. The molecule has 0 aliphatic rings. The number of carbonyl (C=O) groups is 1. The lowest BCUT2D eigenvalue weighted by molar-refractivity contribution is 0.0939. The first-order valence-corrected chi connectivity index (χ1v) is 6.91. The first-order chi connectivity index (χ1) is 9.08. The molecule has 0 fully saturated rings. The molecule has 1 N–H and O–H groups in total. The van der Waals surface area contributed by atoms with Gasteiger partial charge in [-0.2, -0.15) is 0 Å². The fourth-order valence-electron chi connectivity index (χ4n) is 1.65. The van der Waals surface area contributed by atoms with E-state index in [-0.39, 0.29) is 11.9 Å². The number of nitrogens with zero attached hydrogens (tertiary/aromatic N) is 1. The molecule has 0 spiro atoms. The number of hydrogen-bond donors (Lipinski definition) is 1. The number of aromatic nitrogens is 1. The van der Waals surface area contributed by atoms with Crippen molar-refractivity contribution in [3.8, 4) is 0 Å². The molecule has 1 unspecified atom stereocenters. The van der Waals surface area contributed by atoms with Crippen LogP contribution in [0.2, 0.25) is 5.02 Å². The molecular weight excluding hydrogens is 328 g/mol. The van der Waals surface area contributed by atoms with Crippen LogP contribution in [0.15, 0.2) is 47.2 Å². The van der Waals surface area contributed by atoms with E-state index in [1.807, 2.05) is 31.2 Å². The second-order valence-corrected chi connectivity index (χ2v) is 5.43. The molecule has 1 aromatic carbocycles. The highest BCUT2D eigenvalue weighted by molar-refractivity contribution is 9.10. The monoisotopic (exact) mass is 338 g/mol. The lowest BCUT2D eigenvalue weighted by atomic mass is 10.1. The van der Waals surface area contributed by atoms with E-state index in [1.165, 1.54) is 6.20 Å². The third kappa shape index (κ3) is 3.55. The SMILES string of the molecule is CC(NC(=O)c1cnccc1Cl)c1ccc(Br)cc1. The van der Waals surface area contributed by atoms with Gasteiger partial charge >= 0.3 is 0 Å². The average molecular weight is 340 g/mol. The molecule has 19 heavy (non-hydrogen) atoms. The Kier molecular flexibility index (Phi) is 4.56. The van der Waals surface area contributed by atoms with Gasteiger partial charge in [-0.05, 0) is 30.7 Å². The van der Waals surface area contributed by atoms with Crippen LogP contribution in [0.5, 0.6) is 0 Å². The summed E-state index contributed by atoms with van der Waals surface area (Å²) < 4.78 is 1.00. The third-order valence-corrected chi connectivity index (χ3v) is 3.59. The second-order valence-electron chi connectivity index (χ2n) is 4.10. The van der Waals surface area contributed by atoms with Crippen molar-refractivity contribution in [1.82, 2.24) is 10.3 Å². The molecule has 0 aliphatic heterocycles. The molecule has 1 atom stereocenters. The Morgan fingerprint density at radius 1 is 1.32 bits per heavy atom. The number of amides is 1. The van der Waals surface area contributed by atoms with Crippen LogP contribution in [0.25, 0.3) is 0 Å². The van der Waals surface area contributed by atoms with E-state index in [4.69, 9.17) is 11.6 Å². The van der Waals surface area contributed by atoms with E-state index in [0.717, 1.165) is 10.0 Å². The Labute approximate surface area is 125 Å². The standard InChI is InChI=1S/C14H12BrClN2O/c1-9(10-2-4-11(15)5-3-10)18-14(19)12-8-17-7-6-13(12)16/h2-9H,1H3,(H,18,19). The Morgan fingerprint density at radius 3 is 2.63 bits per heavy atom. The number of halogens is 2. The molecule has 3 nitrogen and oxygen atoms in total. The topological polar surface area (TPSA) is 42.0 Å². The highest BCUT2D eigenvalue weighted by Crippen LogP contribution is 2.18. The zero-order valence-electron chi connectivity index (χ0n) is 10.2. The second kappa shape index (κ2) is 6.17. The fourth-order valence-corrected chi connectivity index (χ4v) is 2.11. The zero-order valence-corrected chi connectivity index (χ0v) is 12.6. The molecular formula is C14H12BrClN2O. The van der Waals surface area contributed by atoms with Crippen LogP contribution in [-0.4, -0.2) is 10.9 Å². The molecule has 2 aromatic rings. The summed E-state index contributed by atoms with van der Waals surface area (Å²) in [5.41, 5.74) is 1.41. The minimum absolute atomic E-state index is 0.100. The summed E-state index contributed by atoms with van der Waals surface area (Å²) in [4.78, 5) is 16.0. The van der Waals surface area contributed by atoms with Gasteiger partial charge in [0.25, 0.3) is 5.91 Å². The molecule has 0 bridgehead atoms. The minimum Gasteiger partial charge on any atom is -0.345 e. The quantitative estimate of drug-likeness (QED) is 0.918. The number of rotatable bonds is 3. The first kappa shape index (κ1) is 14.0. The smallest absolute Gasteiger partial charge is 0.254 e. The van der Waals surface area contributed by atoms with Crippen LogP contribution in [0.3, 0.4) is 0 Å². The van der Waals surface area contributed by atoms with E-state index in [2.05, 4.69) is 26.2 Å². The van der Waals surface area contributed by atoms with Gasteiger partial charge in [0.1, 0.15) is 0 Å². The summed E-state index contributed by atoms with van der Waals surface area (Å²) in [7, 11) is 0. The molecule has 1 aromatic heterocycles. The van der Waals surface area contributed by atoms with Crippen LogP contribution >= 0.6 is 27.5 Å². The maximum absolute atomic E-state index is 12.1. The number of pyridine rings is 1. The zero-order chi connectivity index (χ0) is 13.8. The predicted octanol–water partition coefficient (Wildman–Crippen LogP) is 3.99. The first-order valence-electron chi connectivity index (χ1n) is 5.74. The average Bonchev–Trinajstić information content (AvgIpc) is 2.39. The van der Waals surface area contributed by atoms with Crippen LogP contribution in [-0.2, 0) is 0 Å². The number of carbonyl (C=O) groups excluding carboxylic acids is 1. The molecule has 0 saturated carbocycles. The Hall–Kier alpha value is -1.39. The van der Waals surface area contributed by atoms with Crippen molar-refractivity contribution < 1.29 is 4.79 Å². The lowest BCUT2D eigenvalue weighted by Gasteiger charge is -2.14. The number of nitrogens with one attached hydrogen (secondary N) is 1. The van der Waals surface area contributed by atoms with Crippen LogP contribution in [0.4, 0.5) is 0 Å². The lowest BCUT2D eigenvalue weighted by Crippen LogP contribution is -2.26. The number of hydrogen-bond acceptors (Lipinski definition) is 2. The number of benzene rings is 1. The van der Waals surface area contributed by atoms with Crippen molar-refractivity contribution in [1.29, 1.82) is 0 Å². The molecule has 0 radical (unpaired) electrons. The van der Waals surface area contributed by atoms with Gasteiger partial charge in [0, 0.05) is 16.9 Å². The summed E-state index contributed by atoms with van der Waals surface area (Å²) >= 11 is 9.34. The Balaban J connectivity index is 2.11. The van der Waals surface area contributed by atoms with Crippen molar-refractivity contribution in [3.63, 3.8) is 0 Å². The van der Waals surface area contributed by atoms with Gasteiger partial charge in [-0.15, -0.1) is 0 Å². The fraction of sp³-hybridized carbons (Fsp3) is 0.143. The van der Waals surface area contributed by atoms with E-state index in [9.17, 15) is 4.79 Å². The maximum Gasteiger partial charge on any atom is 0.254 e. The molecule has 98 valence electrons. The maximum atomic E-state index is 12.1. The molecule has 5 heteroatoms. The van der Waals surface area contributed by atoms with Gasteiger partial charge in [-0.1, -0.05) is 39.7 Å². The molecule has 1 heterocycles. The van der Waals surface area contributed by atoms with Gasteiger partial charge in [0.15, 0.2) is 0 Å². The normalized spacial score (nSPS) is 11.9. The van der Waals surface area contributed by atoms with Gasteiger partial charge in [0.2, 0.25) is 0 Å². The van der Waals surface area contributed by atoms with E-state index in [0.29, 0.717) is 10.6 Å². The van der Waals surface area contributed by atoms with Gasteiger partial charge < -0.3 is 5.32 Å². The largest absolute Gasteiger partial charge is 0.345 e. The third-order valence-electron chi connectivity index (χ3n) is 2.73.